The van der Waals surface area contributed by atoms with E-state index in [1.165, 1.54) is 56.3 Å². The molecule has 0 aliphatic heterocycles. The number of rotatable bonds is 7. The van der Waals surface area contributed by atoms with Crippen LogP contribution in [0.2, 0.25) is 0 Å². The summed E-state index contributed by atoms with van der Waals surface area (Å²) in [4.78, 5) is 12.2. The molecule has 0 saturated carbocycles. The smallest absolute Gasteiger partial charge is 0.261 e. The van der Waals surface area contributed by atoms with Crippen molar-refractivity contribution in [2.24, 2.45) is 0 Å². The van der Waals surface area contributed by atoms with Gasteiger partial charge in [0, 0.05) is 11.4 Å². The molecule has 7 nitrogen and oxygen atoms in total. The van der Waals surface area contributed by atoms with Gasteiger partial charge in [-0.3, -0.25) is 9.52 Å². The Morgan fingerprint density at radius 1 is 0.818 bits per heavy atom. The van der Waals surface area contributed by atoms with Crippen LogP contribution in [-0.4, -0.2) is 28.0 Å². The molecular formula is C22H20F2N2O5S2. The van der Waals surface area contributed by atoms with Gasteiger partial charge in [0.05, 0.1) is 20.6 Å². The maximum absolute atomic E-state index is 13.4. The van der Waals surface area contributed by atoms with Gasteiger partial charge < -0.3 is 5.32 Å². The van der Waals surface area contributed by atoms with E-state index in [0.717, 1.165) is 6.07 Å². The predicted octanol–water partition coefficient (Wildman–Crippen LogP) is 4.20. The highest BCUT2D eigenvalue weighted by atomic mass is 32.2. The third kappa shape index (κ3) is 5.37. The lowest BCUT2D eigenvalue weighted by molar-refractivity contribution is 0.102. The van der Waals surface area contributed by atoms with Gasteiger partial charge in [0.2, 0.25) is 0 Å². The van der Waals surface area contributed by atoms with E-state index in [1.54, 1.807) is 6.07 Å². The van der Waals surface area contributed by atoms with Gasteiger partial charge in [-0.05, 0) is 68.4 Å². The van der Waals surface area contributed by atoms with Crippen LogP contribution in [0.4, 0.5) is 20.2 Å². The van der Waals surface area contributed by atoms with Gasteiger partial charge in [0.15, 0.2) is 21.5 Å². The average molecular weight is 495 g/mol. The van der Waals surface area contributed by atoms with Crippen LogP contribution in [0.15, 0.2) is 76.5 Å². The summed E-state index contributed by atoms with van der Waals surface area (Å²) in [6.07, 6.45) is 0. The number of carbonyl (C=O) groups excluding carboxylic acids is 1. The predicted molar refractivity (Wildman–Crippen MR) is 120 cm³/mol. The van der Waals surface area contributed by atoms with Gasteiger partial charge in [0.1, 0.15) is 0 Å². The molecule has 1 amide bonds. The maximum Gasteiger partial charge on any atom is 0.261 e. The van der Waals surface area contributed by atoms with E-state index in [0.29, 0.717) is 12.1 Å². The summed E-state index contributed by atoms with van der Waals surface area (Å²) in [6.45, 7) is 3.04. The Kier molecular flexibility index (Phi) is 6.84. The number of hydrogen-bond donors (Lipinski definition) is 2. The number of carbonyl (C=O) groups is 1. The summed E-state index contributed by atoms with van der Waals surface area (Å²) in [5.41, 5.74) is 0.377. The molecule has 11 heteroatoms. The van der Waals surface area contributed by atoms with Crippen molar-refractivity contribution < 1.29 is 30.4 Å². The molecule has 0 fully saturated rings. The minimum absolute atomic E-state index is 0.0192. The molecule has 0 aliphatic carbocycles. The third-order valence-corrected chi connectivity index (χ3v) is 8.24. The zero-order valence-corrected chi connectivity index (χ0v) is 19.2. The molecule has 0 saturated heterocycles. The minimum Gasteiger partial charge on any atom is -0.322 e. The SMILES string of the molecule is CC(C)S(=O)(=O)c1ccccc1C(=O)Nc1ccc(NS(=O)(=O)c2ccc(F)c(F)c2)cc1. The molecule has 0 bridgehead atoms. The molecular weight excluding hydrogens is 474 g/mol. The summed E-state index contributed by atoms with van der Waals surface area (Å²) >= 11 is 0. The number of anilines is 2. The van der Waals surface area contributed by atoms with Gasteiger partial charge in [-0.25, -0.2) is 25.6 Å². The molecule has 0 aliphatic rings. The van der Waals surface area contributed by atoms with Crippen LogP contribution >= 0.6 is 0 Å². The quantitative estimate of drug-likeness (QED) is 0.512. The molecule has 0 radical (unpaired) electrons. The van der Waals surface area contributed by atoms with Crippen molar-refractivity contribution in [1.82, 2.24) is 0 Å². The van der Waals surface area contributed by atoms with E-state index in [2.05, 4.69) is 10.0 Å². The van der Waals surface area contributed by atoms with Crippen molar-refractivity contribution in [3.8, 4) is 0 Å². The molecule has 0 aromatic heterocycles. The first kappa shape index (κ1) is 24.3. The Hall–Kier alpha value is -3.31. The van der Waals surface area contributed by atoms with Gasteiger partial charge >= 0.3 is 0 Å². The topological polar surface area (TPSA) is 109 Å². The van der Waals surface area contributed by atoms with Crippen molar-refractivity contribution in [2.75, 3.05) is 10.0 Å². The van der Waals surface area contributed by atoms with E-state index in [9.17, 15) is 30.4 Å². The normalized spacial score (nSPS) is 11.9. The molecule has 174 valence electrons. The summed E-state index contributed by atoms with van der Waals surface area (Å²) in [6, 6.07) is 13.5. The molecule has 3 rings (SSSR count). The van der Waals surface area contributed by atoms with Crippen molar-refractivity contribution in [2.45, 2.75) is 28.9 Å². The standard InChI is InChI=1S/C22H20F2N2O5S2/c1-14(2)32(28,29)21-6-4-3-5-18(21)22(27)25-15-7-9-16(10-8-15)26-33(30,31)17-11-12-19(23)20(24)13-17/h3-14,26H,1-2H3,(H,25,27). The number of sulfone groups is 1. The second kappa shape index (κ2) is 9.28. The van der Waals surface area contributed by atoms with Crippen molar-refractivity contribution >= 4 is 37.1 Å². The van der Waals surface area contributed by atoms with Crippen LogP contribution in [0.5, 0.6) is 0 Å². The van der Waals surface area contributed by atoms with E-state index < -0.39 is 47.5 Å². The zero-order valence-electron chi connectivity index (χ0n) is 17.5. The largest absolute Gasteiger partial charge is 0.322 e. The Morgan fingerprint density at radius 3 is 2.03 bits per heavy atom. The first-order valence-electron chi connectivity index (χ1n) is 9.64. The molecule has 2 N–H and O–H groups in total. The van der Waals surface area contributed by atoms with Gasteiger partial charge in [-0.15, -0.1) is 0 Å². The molecule has 3 aromatic carbocycles. The summed E-state index contributed by atoms with van der Waals surface area (Å²) < 4.78 is 78.5. The maximum atomic E-state index is 13.4. The summed E-state index contributed by atoms with van der Waals surface area (Å²) in [5, 5.41) is 1.86. The van der Waals surface area contributed by atoms with E-state index >= 15 is 0 Å². The number of hydrogen-bond acceptors (Lipinski definition) is 5. The monoisotopic (exact) mass is 494 g/mol. The van der Waals surface area contributed by atoms with Crippen LogP contribution in [-0.2, 0) is 19.9 Å². The Labute approximate surface area is 190 Å². The summed E-state index contributed by atoms with van der Waals surface area (Å²) in [7, 11) is -7.86. The molecule has 0 unspecified atom stereocenters. The highest BCUT2D eigenvalue weighted by molar-refractivity contribution is 7.92. The second-order valence-electron chi connectivity index (χ2n) is 7.30. The van der Waals surface area contributed by atoms with E-state index in [-0.39, 0.29) is 21.8 Å². The second-order valence-corrected chi connectivity index (χ2v) is 11.5. The van der Waals surface area contributed by atoms with Gasteiger partial charge in [-0.1, -0.05) is 12.1 Å². The molecule has 0 atom stereocenters. The lowest BCUT2D eigenvalue weighted by Gasteiger charge is -2.13. The van der Waals surface area contributed by atoms with Crippen LogP contribution in [0.1, 0.15) is 24.2 Å². The molecule has 3 aromatic rings. The van der Waals surface area contributed by atoms with Crippen LogP contribution in [0.25, 0.3) is 0 Å². The average Bonchev–Trinajstić information content (AvgIpc) is 2.76. The lowest BCUT2D eigenvalue weighted by atomic mass is 10.2. The first-order valence-corrected chi connectivity index (χ1v) is 12.7. The summed E-state index contributed by atoms with van der Waals surface area (Å²) in [5.74, 6) is -3.11. The number of sulfonamides is 1. The van der Waals surface area contributed by atoms with Gasteiger partial charge in [0.25, 0.3) is 15.9 Å². The van der Waals surface area contributed by atoms with Crippen LogP contribution < -0.4 is 10.0 Å². The molecule has 0 heterocycles. The Bertz CT molecular complexity index is 1400. The van der Waals surface area contributed by atoms with E-state index in [1.807, 2.05) is 0 Å². The van der Waals surface area contributed by atoms with Crippen molar-refractivity contribution in [3.05, 3.63) is 83.9 Å². The van der Waals surface area contributed by atoms with Crippen LogP contribution in [0, 0.1) is 11.6 Å². The van der Waals surface area contributed by atoms with Gasteiger partial charge in [-0.2, -0.15) is 0 Å². The van der Waals surface area contributed by atoms with Crippen molar-refractivity contribution in [1.29, 1.82) is 0 Å². The highest BCUT2D eigenvalue weighted by Gasteiger charge is 2.25. The fraction of sp³-hybridized carbons (Fsp3) is 0.136. The fourth-order valence-corrected chi connectivity index (χ4v) is 5.15. The number of halogens is 2. The first-order chi connectivity index (χ1) is 15.4. The Balaban J connectivity index is 1.78. The van der Waals surface area contributed by atoms with Crippen molar-refractivity contribution in [3.63, 3.8) is 0 Å². The Morgan fingerprint density at radius 2 is 1.42 bits per heavy atom. The number of benzene rings is 3. The minimum atomic E-state index is -4.17. The van der Waals surface area contributed by atoms with E-state index in [4.69, 9.17) is 0 Å². The molecule has 0 spiro atoms. The zero-order chi connectivity index (χ0) is 24.4. The number of amides is 1. The lowest BCUT2D eigenvalue weighted by Crippen LogP contribution is -2.20. The number of nitrogens with one attached hydrogen (secondary N) is 2. The molecule has 33 heavy (non-hydrogen) atoms. The third-order valence-electron chi connectivity index (χ3n) is 4.66. The fourth-order valence-electron chi connectivity index (χ4n) is 2.83. The highest BCUT2D eigenvalue weighted by Crippen LogP contribution is 2.23. The van der Waals surface area contributed by atoms with Crippen LogP contribution in [0.3, 0.4) is 0 Å².